The molecule has 92 valence electrons. The first-order valence-corrected chi connectivity index (χ1v) is 6.21. The van der Waals surface area contributed by atoms with Crippen molar-refractivity contribution in [1.82, 2.24) is 5.32 Å². The number of hydrogen-bond acceptors (Lipinski definition) is 5. The first kappa shape index (κ1) is 17.1. The molecular formula is C8H20N2O3S2. The molecule has 7 heteroatoms. The fourth-order valence-corrected chi connectivity index (χ4v) is 1.13. The first-order chi connectivity index (χ1) is 7.03. The van der Waals surface area contributed by atoms with Gasteiger partial charge in [0.2, 0.25) is 0 Å². The lowest BCUT2D eigenvalue weighted by Gasteiger charge is -2.17. The highest BCUT2D eigenvalue weighted by molar-refractivity contribution is 7.80. The average molecular weight is 256 g/mol. The summed E-state index contributed by atoms with van der Waals surface area (Å²) >= 11 is 3.09. The van der Waals surface area contributed by atoms with Crippen LogP contribution in [0.1, 0.15) is 26.7 Å². The molecule has 15 heavy (non-hydrogen) atoms. The average Bonchev–Trinajstić information content (AvgIpc) is 2.18. The van der Waals surface area contributed by atoms with Crippen molar-refractivity contribution in [3.8, 4) is 0 Å². The zero-order chi connectivity index (χ0) is 12.3. The van der Waals surface area contributed by atoms with Crippen molar-refractivity contribution < 1.29 is 14.1 Å². The van der Waals surface area contributed by atoms with Crippen molar-refractivity contribution in [2.24, 2.45) is 0 Å². The molecule has 0 spiro atoms. The summed E-state index contributed by atoms with van der Waals surface area (Å²) in [5.74, 6) is -0.190. The summed E-state index contributed by atoms with van der Waals surface area (Å²) in [5.41, 5.74) is 0. The normalized spacial score (nSPS) is 14.3. The van der Waals surface area contributed by atoms with Gasteiger partial charge in [-0.3, -0.25) is 13.8 Å². The minimum Gasteiger partial charge on any atom is -0.480 e. The highest BCUT2D eigenvalue weighted by atomic mass is 32.1. The molecule has 0 heterocycles. The van der Waals surface area contributed by atoms with E-state index in [4.69, 9.17) is 14.1 Å². The van der Waals surface area contributed by atoms with Crippen molar-refractivity contribution in [2.45, 2.75) is 38.8 Å². The van der Waals surface area contributed by atoms with Gasteiger partial charge < -0.3 is 10.4 Å². The summed E-state index contributed by atoms with van der Waals surface area (Å²) in [5, 5.41) is 11.8. The zero-order valence-corrected chi connectivity index (χ0v) is 10.9. The Balaban J connectivity index is 0. The number of rotatable bonds is 6. The Bertz CT molecular complexity index is 208. The van der Waals surface area contributed by atoms with Crippen LogP contribution in [0, 0.1) is 4.78 Å². The van der Waals surface area contributed by atoms with E-state index in [1.54, 1.807) is 0 Å². The Kier molecular flexibility index (Phi) is 13.5. The topological polar surface area (TPSA) is 90.2 Å². The molecule has 0 saturated carbocycles. The molecular weight excluding hydrogens is 236 g/mol. The maximum atomic E-state index is 10.6. The molecule has 0 amide bonds. The van der Waals surface area contributed by atoms with E-state index in [-0.39, 0.29) is 6.04 Å². The summed E-state index contributed by atoms with van der Waals surface area (Å²) in [6, 6.07) is -0.191. The lowest BCUT2D eigenvalue weighted by atomic mass is 10.2. The molecule has 2 atom stereocenters. The lowest BCUT2D eigenvalue weighted by molar-refractivity contribution is -0.139. The molecule has 3 N–H and O–H groups in total. The van der Waals surface area contributed by atoms with Crippen LogP contribution < -0.4 is 5.32 Å². The van der Waals surface area contributed by atoms with Crippen LogP contribution in [0.15, 0.2) is 0 Å². The third-order valence-corrected chi connectivity index (χ3v) is 2.07. The van der Waals surface area contributed by atoms with Crippen molar-refractivity contribution >= 4 is 30.1 Å². The SMILES string of the molecule is CCC(C)N[C@@H](CCS)C(=O)O.N=[SH2]=O. The Morgan fingerprint density at radius 1 is 1.67 bits per heavy atom. The monoisotopic (exact) mass is 256 g/mol. The quantitative estimate of drug-likeness (QED) is 0.523. The predicted octanol–water partition coefficient (Wildman–Crippen LogP) is 0.574. The van der Waals surface area contributed by atoms with Gasteiger partial charge in [0, 0.05) is 17.5 Å². The zero-order valence-electron chi connectivity index (χ0n) is 8.99. The molecule has 0 aromatic carbocycles. The van der Waals surface area contributed by atoms with Gasteiger partial charge in [0.15, 0.2) is 0 Å². The van der Waals surface area contributed by atoms with Gasteiger partial charge in [0.1, 0.15) is 6.04 Å². The summed E-state index contributed by atoms with van der Waals surface area (Å²) in [7, 11) is 0. The van der Waals surface area contributed by atoms with E-state index >= 15 is 0 Å². The molecule has 5 nitrogen and oxygen atoms in total. The lowest BCUT2D eigenvalue weighted by Crippen LogP contribution is -2.42. The van der Waals surface area contributed by atoms with Crippen LogP contribution >= 0.6 is 12.6 Å². The predicted molar refractivity (Wildman–Crippen MR) is 66.4 cm³/mol. The van der Waals surface area contributed by atoms with Crippen molar-refractivity contribution in [1.29, 1.82) is 4.78 Å². The molecule has 1 unspecified atom stereocenters. The van der Waals surface area contributed by atoms with Gasteiger partial charge in [-0.2, -0.15) is 12.6 Å². The van der Waals surface area contributed by atoms with Crippen LogP contribution in [-0.4, -0.2) is 33.1 Å². The van der Waals surface area contributed by atoms with Crippen LogP contribution in [0.5, 0.6) is 0 Å². The summed E-state index contributed by atoms with van der Waals surface area (Å²) in [4.78, 5) is 10.6. The van der Waals surface area contributed by atoms with Gasteiger partial charge >= 0.3 is 5.97 Å². The Labute approximate surface area is 99.1 Å². The number of hydrogen-bond donors (Lipinski definition) is 4. The maximum Gasteiger partial charge on any atom is 0.320 e. The van der Waals surface area contributed by atoms with Gasteiger partial charge in [0.05, 0.1) is 0 Å². The molecule has 0 fully saturated rings. The fourth-order valence-electron chi connectivity index (χ4n) is 0.868. The Morgan fingerprint density at radius 3 is 2.40 bits per heavy atom. The standard InChI is InChI=1S/C8H17NO2S.H3NOS/c1-3-6(2)9-7(4-5-12)8(10)11;1-3-2/h6-7,9,12H,3-5H2,1-2H3,(H,10,11);1H,3H2/t6?,7-;/m0./s1. The van der Waals surface area contributed by atoms with Crippen LogP contribution in [-0.2, 0) is 16.3 Å². The minimum absolute atomic E-state index is 0.256. The third kappa shape index (κ3) is 11.7. The molecule has 0 aliphatic heterocycles. The Hall–Kier alpha value is -0.270. The largest absolute Gasteiger partial charge is 0.480 e. The van der Waals surface area contributed by atoms with Gasteiger partial charge in [-0.05, 0) is 25.5 Å². The van der Waals surface area contributed by atoms with Crippen LogP contribution in [0.3, 0.4) is 0 Å². The number of nitrogens with one attached hydrogen (secondary N) is 2. The number of carboxylic acid groups (broad SMARTS) is 1. The maximum absolute atomic E-state index is 10.6. The van der Waals surface area contributed by atoms with E-state index in [9.17, 15) is 4.79 Å². The highest BCUT2D eigenvalue weighted by Gasteiger charge is 2.17. The van der Waals surface area contributed by atoms with Crippen LogP contribution in [0.4, 0.5) is 0 Å². The second-order valence-corrected chi connectivity index (χ2v) is 3.63. The van der Waals surface area contributed by atoms with E-state index < -0.39 is 23.5 Å². The van der Waals surface area contributed by atoms with E-state index in [2.05, 4.69) is 17.9 Å². The van der Waals surface area contributed by atoms with Crippen molar-refractivity contribution in [3.05, 3.63) is 0 Å². The molecule has 0 aliphatic rings. The molecule has 0 aromatic heterocycles. The van der Waals surface area contributed by atoms with Crippen LogP contribution in [0.25, 0.3) is 0 Å². The summed E-state index contributed by atoms with van der Waals surface area (Å²) < 4.78 is 14.3. The van der Waals surface area contributed by atoms with Crippen molar-refractivity contribution in [2.75, 3.05) is 5.75 Å². The number of thiol groups is 1. The Morgan fingerprint density at radius 2 is 2.13 bits per heavy atom. The number of carbonyl (C=O) groups is 1. The molecule has 0 radical (unpaired) electrons. The van der Waals surface area contributed by atoms with E-state index in [0.717, 1.165) is 6.42 Å². The number of aliphatic carboxylic acids is 1. The second kappa shape index (κ2) is 11.8. The highest BCUT2D eigenvalue weighted by Crippen LogP contribution is 1.98. The van der Waals surface area contributed by atoms with E-state index in [1.165, 1.54) is 0 Å². The molecule has 0 rings (SSSR count). The van der Waals surface area contributed by atoms with E-state index in [0.29, 0.717) is 12.2 Å². The minimum atomic E-state index is -0.917. The smallest absolute Gasteiger partial charge is 0.320 e. The number of carboxylic acids is 1. The fraction of sp³-hybridized carbons (Fsp3) is 0.875. The van der Waals surface area contributed by atoms with Gasteiger partial charge in [-0.15, -0.1) is 0 Å². The molecule has 0 aliphatic carbocycles. The summed E-state index contributed by atoms with van der Waals surface area (Å²) in [6.07, 6.45) is 1.51. The molecule has 0 aromatic rings. The van der Waals surface area contributed by atoms with Gasteiger partial charge in [-0.1, -0.05) is 6.92 Å². The molecule has 0 saturated heterocycles. The third-order valence-electron chi connectivity index (χ3n) is 1.81. The van der Waals surface area contributed by atoms with Gasteiger partial charge in [0.25, 0.3) is 0 Å². The first-order valence-electron chi connectivity index (χ1n) is 4.67. The van der Waals surface area contributed by atoms with Crippen LogP contribution in [0.2, 0.25) is 0 Å². The molecule has 0 bridgehead atoms. The summed E-state index contributed by atoms with van der Waals surface area (Å²) in [6.45, 7) is 4.01. The van der Waals surface area contributed by atoms with Gasteiger partial charge in [-0.25, -0.2) is 0 Å². The van der Waals surface area contributed by atoms with E-state index in [1.807, 2.05) is 13.8 Å². The van der Waals surface area contributed by atoms with Crippen molar-refractivity contribution in [3.63, 3.8) is 0 Å². The second-order valence-electron chi connectivity index (χ2n) is 2.98.